The van der Waals surface area contributed by atoms with Crippen molar-refractivity contribution in [1.82, 2.24) is 5.32 Å². The minimum Gasteiger partial charge on any atom is -0.388 e. The van der Waals surface area contributed by atoms with E-state index in [-0.39, 0.29) is 0 Å². The number of alkyl halides is 1. The first-order valence-corrected chi connectivity index (χ1v) is 3.36. The van der Waals surface area contributed by atoms with Crippen LogP contribution in [0.25, 0.3) is 0 Å². The van der Waals surface area contributed by atoms with Gasteiger partial charge in [-0.05, 0) is 12.8 Å². The molecule has 0 aromatic rings. The number of nitrogens with one attached hydrogen (secondary N) is 1. The molecule has 0 aromatic heterocycles. The topological polar surface area (TPSA) is 29.1 Å². The molecule has 56 valence electrons. The number of ketones is 1. The van der Waals surface area contributed by atoms with Crippen LogP contribution >= 0.6 is 0 Å². The maximum atomic E-state index is 11.6. The number of allylic oxidation sites excluding steroid dienone is 2. The van der Waals surface area contributed by atoms with E-state index in [1.807, 2.05) is 0 Å². The van der Waals surface area contributed by atoms with Gasteiger partial charge in [-0.1, -0.05) is 0 Å². The number of hydrogen-bond donors (Lipinski definition) is 1. The summed E-state index contributed by atoms with van der Waals surface area (Å²) in [6.45, 7) is 0.0244. The molecule has 1 aliphatic rings. The summed E-state index contributed by atoms with van der Waals surface area (Å²) in [4.78, 5) is 10.5. The summed E-state index contributed by atoms with van der Waals surface area (Å²) in [7, 11) is 0. The molecule has 0 radical (unpaired) electrons. The fourth-order valence-electron chi connectivity index (χ4n) is 0.972. The minimum absolute atomic E-state index is 0.440. The summed E-state index contributed by atoms with van der Waals surface area (Å²) in [6.07, 6.45) is 3.28. The second-order valence-corrected chi connectivity index (χ2v) is 2.30. The summed E-state index contributed by atoms with van der Waals surface area (Å²) < 4.78 is 11.6. The molecule has 0 saturated carbocycles. The van der Waals surface area contributed by atoms with Crippen molar-refractivity contribution in [3.05, 3.63) is 11.8 Å². The third-order valence-corrected chi connectivity index (χ3v) is 1.44. The van der Waals surface area contributed by atoms with Gasteiger partial charge in [-0.15, -0.1) is 0 Å². The lowest BCUT2D eigenvalue weighted by molar-refractivity contribution is -0.115. The number of hydrogen-bond acceptors (Lipinski definition) is 2. The van der Waals surface area contributed by atoms with Crippen molar-refractivity contribution in [2.45, 2.75) is 12.8 Å². The summed E-state index contributed by atoms with van der Waals surface area (Å²) in [5, 5.41) is 3.00. The first-order chi connectivity index (χ1) is 4.83. The van der Waals surface area contributed by atoms with E-state index in [1.54, 1.807) is 0 Å². The van der Waals surface area contributed by atoms with E-state index in [0.29, 0.717) is 0 Å². The zero-order valence-electron chi connectivity index (χ0n) is 5.69. The SMILES string of the molecule is O=C(/C=C1/CCCN1)CF. The van der Waals surface area contributed by atoms with Gasteiger partial charge in [0, 0.05) is 18.3 Å². The Morgan fingerprint density at radius 2 is 2.60 bits per heavy atom. The van der Waals surface area contributed by atoms with Gasteiger partial charge in [0.15, 0.2) is 12.5 Å². The molecule has 0 aromatic carbocycles. The van der Waals surface area contributed by atoms with Crippen molar-refractivity contribution in [2.24, 2.45) is 0 Å². The molecule has 2 nitrogen and oxygen atoms in total. The molecule has 0 unspecified atom stereocenters. The highest BCUT2D eigenvalue weighted by Crippen LogP contribution is 2.07. The number of carbonyl (C=O) groups excluding carboxylic acids is 1. The summed E-state index contributed by atoms with van der Waals surface area (Å²) in [6, 6.07) is 0. The highest BCUT2D eigenvalue weighted by Gasteiger charge is 2.06. The standard InChI is InChI=1S/C7H10FNO/c8-5-7(10)4-6-2-1-3-9-6/h4,9H,1-3,5H2/b6-4-. The highest BCUT2D eigenvalue weighted by molar-refractivity contribution is 5.91. The van der Waals surface area contributed by atoms with Crippen LogP contribution < -0.4 is 5.32 Å². The number of rotatable bonds is 2. The molecule has 0 atom stereocenters. The molecule has 1 rings (SSSR count). The third-order valence-electron chi connectivity index (χ3n) is 1.44. The molecular weight excluding hydrogens is 133 g/mol. The van der Waals surface area contributed by atoms with E-state index in [0.717, 1.165) is 25.1 Å². The van der Waals surface area contributed by atoms with Crippen LogP contribution in [0.2, 0.25) is 0 Å². The Balaban J connectivity index is 2.45. The second-order valence-electron chi connectivity index (χ2n) is 2.30. The molecule has 0 aliphatic carbocycles. The van der Waals surface area contributed by atoms with Gasteiger partial charge in [0.1, 0.15) is 0 Å². The van der Waals surface area contributed by atoms with Crippen LogP contribution in [0, 0.1) is 0 Å². The van der Waals surface area contributed by atoms with E-state index in [1.165, 1.54) is 6.08 Å². The fourth-order valence-corrected chi connectivity index (χ4v) is 0.972. The largest absolute Gasteiger partial charge is 0.388 e. The van der Waals surface area contributed by atoms with E-state index in [9.17, 15) is 9.18 Å². The normalized spacial score (nSPS) is 21.1. The molecule has 1 N–H and O–H groups in total. The van der Waals surface area contributed by atoms with Crippen molar-refractivity contribution < 1.29 is 9.18 Å². The predicted octanol–water partition coefficient (Wildman–Crippen LogP) is 0.792. The van der Waals surface area contributed by atoms with Gasteiger partial charge in [0.25, 0.3) is 0 Å². The number of halogens is 1. The van der Waals surface area contributed by atoms with Gasteiger partial charge in [-0.25, -0.2) is 4.39 Å². The van der Waals surface area contributed by atoms with Gasteiger partial charge in [0.2, 0.25) is 0 Å². The molecule has 1 aliphatic heterocycles. The zero-order valence-corrected chi connectivity index (χ0v) is 5.69. The van der Waals surface area contributed by atoms with Crippen molar-refractivity contribution in [1.29, 1.82) is 0 Å². The van der Waals surface area contributed by atoms with Gasteiger partial charge in [-0.2, -0.15) is 0 Å². The predicted molar refractivity (Wildman–Crippen MR) is 36.3 cm³/mol. The van der Waals surface area contributed by atoms with Gasteiger partial charge in [-0.3, -0.25) is 4.79 Å². The van der Waals surface area contributed by atoms with Crippen LogP contribution in [-0.2, 0) is 4.79 Å². The van der Waals surface area contributed by atoms with E-state index < -0.39 is 12.5 Å². The molecule has 0 bridgehead atoms. The maximum Gasteiger partial charge on any atom is 0.188 e. The Morgan fingerprint density at radius 1 is 1.80 bits per heavy atom. The lowest BCUT2D eigenvalue weighted by atomic mass is 10.2. The molecule has 1 fully saturated rings. The van der Waals surface area contributed by atoms with Gasteiger partial charge < -0.3 is 5.32 Å². The van der Waals surface area contributed by atoms with Crippen molar-refractivity contribution in [3.8, 4) is 0 Å². The second kappa shape index (κ2) is 3.34. The van der Waals surface area contributed by atoms with Crippen LogP contribution in [0.1, 0.15) is 12.8 Å². The third kappa shape index (κ3) is 1.83. The van der Waals surface area contributed by atoms with Crippen molar-refractivity contribution in [2.75, 3.05) is 13.2 Å². The highest BCUT2D eigenvalue weighted by atomic mass is 19.1. The van der Waals surface area contributed by atoms with Crippen molar-refractivity contribution >= 4 is 5.78 Å². The van der Waals surface area contributed by atoms with Crippen LogP contribution in [0.5, 0.6) is 0 Å². The fraction of sp³-hybridized carbons (Fsp3) is 0.571. The molecule has 1 saturated heterocycles. The Hall–Kier alpha value is -0.860. The molecular formula is C7H10FNO. The Morgan fingerprint density at radius 3 is 3.10 bits per heavy atom. The smallest absolute Gasteiger partial charge is 0.188 e. The number of carbonyl (C=O) groups is 1. The van der Waals surface area contributed by atoms with Gasteiger partial charge >= 0.3 is 0 Å². The van der Waals surface area contributed by atoms with E-state index in [4.69, 9.17) is 0 Å². The average molecular weight is 143 g/mol. The van der Waals surface area contributed by atoms with E-state index >= 15 is 0 Å². The Labute approximate surface area is 59.1 Å². The molecule has 0 amide bonds. The minimum atomic E-state index is -0.884. The Bertz CT molecular complexity index is 157. The lowest BCUT2D eigenvalue weighted by Gasteiger charge is -1.94. The van der Waals surface area contributed by atoms with E-state index in [2.05, 4.69) is 5.32 Å². The molecule has 3 heteroatoms. The zero-order chi connectivity index (χ0) is 7.40. The maximum absolute atomic E-state index is 11.6. The van der Waals surface area contributed by atoms with Crippen molar-refractivity contribution in [3.63, 3.8) is 0 Å². The molecule has 1 heterocycles. The van der Waals surface area contributed by atoms with Crippen LogP contribution in [0.15, 0.2) is 11.8 Å². The van der Waals surface area contributed by atoms with Gasteiger partial charge in [0.05, 0.1) is 0 Å². The monoisotopic (exact) mass is 143 g/mol. The first-order valence-electron chi connectivity index (χ1n) is 3.36. The van der Waals surface area contributed by atoms with Crippen LogP contribution in [-0.4, -0.2) is 19.0 Å². The van der Waals surface area contributed by atoms with Crippen LogP contribution in [0.3, 0.4) is 0 Å². The first kappa shape index (κ1) is 7.25. The molecule has 0 spiro atoms. The summed E-state index contributed by atoms with van der Waals surface area (Å²) in [5.41, 5.74) is 0.877. The average Bonchev–Trinajstić information content (AvgIpc) is 2.40. The Kier molecular flexibility index (Phi) is 2.42. The molecule has 10 heavy (non-hydrogen) atoms. The van der Waals surface area contributed by atoms with Crippen LogP contribution in [0.4, 0.5) is 4.39 Å². The quantitative estimate of drug-likeness (QED) is 0.579. The summed E-state index contributed by atoms with van der Waals surface area (Å²) >= 11 is 0. The lowest BCUT2D eigenvalue weighted by Crippen LogP contribution is -2.06. The summed E-state index contributed by atoms with van der Waals surface area (Å²) in [5.74, 6) is -0.440.